The first kappa shape index (κ1) is 23.3. The van der Waals surface area contributed by atoms with Gasteiger partial charge in [0.25, 0.3) is 0 Å². The molecule has 0 saturated heterocycles. The maximum Gasteiger partial charge on any atom is 0.185 e. The number of hydrogen-bond acceptors (Lipinski definition) is 6. The van der Waals surface area contributed by atoms with E-state index in [0.29, 0.717) is 18.4 Å². The molecule has 3 aromatic rings. The smallest absolute Gasteiger partial charge is 0.185 e. The normalized spacial score (nSPS) is 15.7. The number of aryl methyl sites for hydroxylation is 1. The SMILES string of the molecule is CCCCCc1ccc(-c2csc(-c3sc(S(C)(=O)=O)c4c3CC(C)(C)CC4=O)n2)cc1. The molecule has 0 unspecified atom stereocenters. The van der Waals surface area contributed by atoms with E-state index in [1.54, 1.807) is 0 Å². The lowest BCUT2D eigenvalue weighted by Gasteiger charge is -2.29. The maximum absolute atomic E-state index is 12.9. The molecule has 1 aromatic carbocycles. The Balaban J connectivity index is 1.70. The van der Waals surface area contributed by atoms with E-state index in [4.69, 9.17) is 4.98 Å². The van der Waals surface area contributed by atoms with Gasteiger partial charge in [0.2, 0.25) is 0 Å². The summed E-state index contributed by atoms with van der Waals surface area (Å²) in [6.45, 7) is 6.33. The molecule has 0 spiro atoms. The Morgan fingerprint density at radius 2 is 1.81 bits per heavy atom. The Kier molecular flexibility index (Phi) is 6.45. The first-order valence-corrected chi connectivity index (χ1v) is 14.6. The zero-order chi connectivity index (χ0) is 23.1. The van der Waals surface area contributed by atoms with Crippen molar-refractivity contribution in [2.45, 2.75) is 63.5 Å². The number of Topliss-reactive ketones (excluding diaryl/α,β-unsaturated/α-hetero) is 1. The zero-order valence-electron chi connectivity index (χ0n) is 19.0. The molecule has 0 saturated carbocycles. The summed E-state index contributed by atoms with van der Waals surface area (Å²) in [5.41, 5.74) is 4.33. The van der Waals surface area contributed by atoms with E-state index in [9.17, 15) is 13.2 Å². The average molecular weight is 488 g/mol. The van der Waals surface area contributed by atoms with Gasteiger partial charge in [-0.05, 0) is 35.8 Å². The van der Waals surface area contributed by atoms with Crippen molar-refractivity contribution < 1.29 is 13.2 Å². The second-order valence-electron chi connectivity index (χ2n) is 9.48. The number of ketones is 1. The number of thiophene rings is 1. The number of benzene rings is 1. The summed E-state index contributed by atoms with van der Waals surface area (Å²) in [5.74, 6) is -0.0744. The van der Waals surface area contributed by atoms with Crippen LogP contribution in [0.5, 0.6) is 0 Å². The fourth-order valence-corrected chi connectivity index (χ4v) is 7.80. The number of hydrogen-bond donors (Lipinski definition) is 0. The molecule has 4 nitrogen and oxygen atoms in total. The predicted molar refractivity (Wildman–Crippen MR) is 134 cm³/mol. The number of aromatic nitrogens is 1. The van der Waals surface area contributed by atoms with Crippen molar-refractivity contribution in [2.24, 2.45) is 5.41 Å². The van der Waals surface area contributed by atoms with Gasteiger partial charge in [-0.15, -0.1) is 22.7 Å². The Morgan fingerprint density at radius 1 is 1.09 bits per heavy atom. The molecule has 0 atom stereocenters. The highest BCUT2D eigenvalue weighted by Gasteiger charge is 2.39. The van der Waals surface area contributed by atoms with Crippen molar-refractivity contribution in [1.82, 2.24) is 4.98 Å². The number of unbranched alkanes of at least 4 members (excludes halogenated alkanes) is 2. The fourth-order valence-electron chi connectivity index (χ4n) is 4.32. The largest absolute Gasteiger partial charge is 0.294 e. The Bertz CT molecular complexity index is 1250. The van der Waals surface area contributed by atoms with Crippen LogP contribution in [-0.2, 0) is 22.7 Å². The van der Waals surface area contributed by atoms with Gasteiger partial charge in [-0.3, -0.25) is 4.79 Å². The predicted octanol–water partition coefficient (Wildman–Crippen LogP) is 6.83. The van der Waals surface area contributed by atoms with E-state index in [1.807, 2.05) is 5.38 Å². The molecule has 0 aliphatic heterocycles. The molecule has 1 aliphatic rings. The highest BCUT2D eigenvalue weighted by Crippen LogP contribution is 2.48. The molecule has 170 valence electrons. The minimum atomic E-state index is -3.49. The first-order valence-electron chi connectivity index (χ1n) is 11.0. The summed E-state index contributed by atoms with van der Waals surface area (Å²) in [6, 6.07) is 8.55. The van der Waals surface area contributed by atoms with E-state index < -0.39 is 9.84 Å². The van der Waals surface area contributed by atoms with Crippen molar-refractivity contribution >= 4 is 38.3 Å². The van der Waals surface area contributed by atoms with Gasteiger partial charge >= 0.3 is 0 Å². The molecule has 0 radical (unpaired) electrons. The average Bonchev–Trinajstić information content (AvgIpc) is 3.32. The van der Waals surface area contributed by atoms with Gasteiger partial charge in [0.1, 0.15) is 9.22 Å². The summed E-state index contributed by atoms with van der Waals surface area (Å²) in [6.07, 6.45) is 7.00. The number of rotatable bonds is 7. The van der Waals surface area contributed by atoms with Crippen LogP contribution in [0.1, 0.15) is 67.9 Å². The second kappa shape index (κ2) is 8.84. The van der Waals surface area contributed by atoms with E-state index in [1.165, 1.54) is 53.8 Å². The molecule has 0 bridgehead atoms. The summed E-state index contributed by atoms with van der Waals surface area (Å²) >= 11 is 2.71. The van der Waals surface area contributed by atoms with Crippen LogP contribution in [0, 0.1) is 5.41 Å². The van der Waals surface area contributed by atoms with E-state index >= 15 is 0 Å². The third-order valence-electron chi connectivity index (χ3n) is 5.90. The number of carbonyl (C=O) groups is 1. The van der Waals surface area contributed by atoms with Gasteiger partial charge in [-0.1, -0.05) is 57.9 Å². The summed E-state index contributed by atoms with van der Waals surface area (Å²) < 4.78 is 25.1. The van der Waals surface area contributed by atoms with Crippen LogP contribution in [0.3, 0.4) is 0 Å². The van der Waals surface area contributed by atoms with Crippen molar-refractivity contribution in [3.8, 4) is 21.1 Å². The topological polar surface area (TPSA) is 64.1 Å². The molecule has 4 rings (SSSR count). The van der Waals surface area contributed by atoms with E-state index in [0.717, 1.165) is 33.1 Å². The molecule has 0 N–H and O–H groups in total. The Labute approximate surface area is 198 Å². The Hall–Kier alpha value is -1.83. The highest BCUT2D eigenvalue weighted by molar-refractivity contribution is 7.93. The minimum Gasteiger partial charge on any atom is -0.294 e. The molecule has 7 heteroatoms. The van der Waals surface area contributed by atoms with Crippen LogP contribution in [0.4, 0.5) is 0 Å². The second-order valence-corrected chi connectivity index (χ2v) is 13.6. The van der Waals surface area contributed by atoms with Gasteiger partial charge < -0.3 is 0 Å². The van der Waals surface area contributed by atoms with Crippen molar-refractivity contribution in [3.63, 3.8) is 0 Å². The number of nitrogens with zero attached hydrogens (tertiary/aromatic N) is 1. The molecule has 2 heterocycles. The summed E-state index contributed by atoms with van der Waals surface area (Å²) in [5, 5.41) is 2.80. The van der Waals surface area contributed by atoms with Crippen molar-refractivity contribution in [2.75, 3.05) is 6.26 Å². The zero-order valence-corrected chi connectivity index (χ0v) is 21.5. The van der Waals surface area contributed by atoms with Crippen molar-refractivity contribution in [3.05, 3.63) is 46.3 Å². The number of thiazole rings is 1. The third kappa shape index (κ3) is 4.75. The molecule has 32 heavy (non-hydrogen) atoms. The standard InChI is InChI=1S/C25H29NO3S3/c1-5-6-7-8-16-9-11-17(12-10-16)19-15-30-23(26-19)22-18-13-25(2,3)14-20(27)21(18)24(31-22)32(4,28)29/h9-12,15H,5-8,13-14H2,1-4H3. The summed E-state index contributed by atoms with van der Waals surface area (Å²) in [4.78, 5) is 18.6. The molecular formula is C25H29NO3S3. The first-order chi connectivity index (χ1) is 15.1. The maximum atomic E-state index is 12.9. The molecule has 1 aliphatic carbocycles. The van der Waals surface area contributed by atoms with Crippen LogP contribution in [0.15, 0.2) is 33.9 Å². The van der Waals surface area contributed by atoms with Gasteiger partial charge in [0.05, 0.1) is 16.1 Å². The van der Waals surface area contributed by atoms with Gasteiger partial charge in [-0.25, -0.2) is 13.4 Å². The molecule has 0 fully saturated rings. The lowest BCUT2D eigenvalue weighted by atomic mass is 9.74. The van der Waals surface area contributed by atoms with Gasteiger partial charge in [-0.2, -0.15) is 0 Å². The van der Waals surface area contributed by atoms with Gasteiger partial charge in [0.15, 0.2) is 15.6 Å². The lowest BCUT2D eigenvalue weighted by Crippen LogP contribution is -2.27. The lowest BCUT2D eigenvalue weighted by molar-refractivity contribution is 0.0910. The monoisotopic (exact) mass is 487 g/mol. The van der Waals surface area contributed by atoms with Crippen LogP contribution >= 0.6 is 22.7 Å². The highest BCUT2D eigenvalue weighted by atomic mass is 32.2. The third-order valence-corrected chi connectivity index (χ3v) is 9.96. The van der Waals surface area contributed by atoms with Crippen LogP contribution in [0.2, 0.25) is 0 Å². The minimum absolute atomic E-state index is 0.0744. The van der Waals surface area contributed by atoms with E-state index in [-0.39, 0.29) is 15.4 Å². The van der Waals surface area contributed by atoms with Crippen LogP contribution in [0.25, 0.3) is 21.1 Å². The fraction of sp³-hybridized carbons (Fsp3) is 0.440. The number of carbonyl (C=O) groups excluding carboxylic acids is 1. The Morgan fingerprint density at radius 3 is 2.47 bits per heavy atom. The molecule has 0 amide bonds. The van der Waals surface area contributed by atoms with Gasteiger partial charge in [0, 0.05) is 23.6 Å². The van der Waals surface area contributed by atoms with E-state index in [2.05, 4.69) is 45.0 Å². The van der Waals surface area contributed by atoms with Crippen LogP contribution < -0.4 is 0 Å². The van der Waals surface area contributed by atoms with Crippen molar-refractivity contribution in [1.29, 1.82) is 0 Å². The number of sulfone groups is 1. The quantitative estimate of drug-likeness (QED) is 0.343. The number of fused-ring (bicyclic) bond motifs is 1. The summed E-state index contributed by atoms with van der Waals surface area (Å²) in [7, 11) is -3.49. The molecular weight excluding hydrogens is 458 g/mol. The van der Waals surface area contributed by atoms with Crippen LogP contribution in [-0.4, -0.2) is 25.4 Å². The molecule has 2 aromatic heterocycles.